The van der Waals surface area contributed by atoms with Gasteiger partial charge in [-0.25, -0.2) is 19.0 Å². The molecule has 0 atom stereocenters. The molecule has 31 heavy (non-hydrogen) atoms. The van der Waals surface area contributed by atoms with Crippen LogP contribution in [0.5, 0.6) is 0 Å². The quantitative estimate of drug-likeness (QED) is 0.257. The van der Waals surface area contributed by atoms with Crippen LogP contribution in [0.25, 0.3) is 16.9 Å². The first kappa shape index (κ1) is 20.0. The molecule has 9 nitrogen and oxygen atoms in total. The van der Waals surface area contributed by atoms with Gasteiger partial charge in [-0.2, -0.15) is 5.10 Å². The third-order valence-electron chi connectivity index (χ3n) is 4.76. The fourth-order valence-electron chi connectivity index (χ4n) is 3.24. The number of aryl methyl sites for hydroxylation is 1. The van der Waals surface area contributed by atoms with E-state index in [1.54, 1.807) is 17.7 Å². The van der Waals surface area contributed by atoms with Crippen molar-refractivity contribution in [3.8, 4) is 16.9 Å². The summed E-state index contributed by atoms with van der Waals surface area (Å²) in [5.74, 6) is -0.275. The molecular weight excluding hydrogens is 398 g/mol. The molecule has 2 heterocycles. The minimum Gasteiger partial charge on any atom is -0.457 e. The van der Waals surface area contributed by atoms with E-state index >= 15 is 0 Å². The Hall–Kier alpha value is -4.27. The first-order valence-corrected chi connectivity index (χ1v) is 9.59. The summed E-state index contributed by atoms with van der Waals surface area (Å²) in [6.07, 6.45) is 1.19. The summed E-state index contributed by atoms with van der Waals surface area (Å²) in [6.45, 7) is 1.73. The number of hydrogen-bond donors (Lipinski definition) is 0. The van der Waals surface area contributed by atoms with Crippen LogP contribution in [0.2, 0.25) is 0 Å². The van der Waals surface area contributed by atoms with Gasteiger partial charge in [0.05, 0.1) is 11.4 Å². The van der Waals surface area contributed by atoms with E-state index in [2.05, 4.69) is 10.1 Å². The molecule has 2 aromatic heterocycles. The topological polar surface area (TPSA) is 105 Å². The Morgan fingerprint density at radius 2 is 1.77 bits per heavy atom. The number of esters is 1. The van der Waals surface area contributed by atoms with Gasteiger partial charge in [0, 0.05) is 12.5 Å². The highest BCUT2D eigenvalue weighted by molar-refractivity contribution is 5.89. The van der Waals surface area contributed by atoms with Crippen molar-refractivity contribution in [3.05, 3.63) is 94.6 Å². The second-order valence-electron chi connectivity index (χ2n) is 6.74. The molecule has 0 radical (unpaired) electrons. The first-order chi connectivity index (χ1) is 15.0. The van der Waals surface area contributed by atoms with Crippen molar-refractivity contribution in [2.24, 2.45) is 0 Å². The molecule has 2 aromatic carbocycles. The zero-order valence-electron chi connectivity index (χ0n) is 16.7. The summed E-state index contributed by atoms with van der Waals surface area (Å²) in [4.78, 5) is 27.2. The lowest BCUT2D eigenvalue weighted by Crippen LogP contribution is -2.14. The molecule has 156 valence electrons. The standard InChI is InChI=1S/C22H19N5O4/c1-16-23-15-21(27(29)30)25(16)12-13-31-22(28)19-14-20(17-8-4-2-5-9-17)26(24-19)18-10-6-3-7-11-18/h2-11,14-15H,12-13H2,1H3. The monoisotopic (exact) mass is 417 g/mol. The van der Waals surface area contributed by atoms with Crippen LogP contribution >= 0.6 is 0 Å². The van der Waals surface area contributed by atoms with Crippen molar-refractivity contribution in [2.45, 2.75) is 13.5 Å². The molecule has 0 N–H and O–H groups in total. The maximum absolute atomic E-state index is 12.6. The van der Waals surface area contributed by atoms with Gasteiger partial charge in [-0.3, -0.25) is 0 Å². The third kappa shape index (κ3) is 4.20. The van der Waals surface area contributed by atoms with E-state index in [1.807, 2.05) is 60.7 Å². The minimum absolute atomic E-state index is 0.0459. The van der Waals surface area contributed by atoms with Crippen LogP contribution in [-0.2, 0) is 11.3 Å². The van der Waals surface area contributed by atoms with Crippen molar-refractivity contribution in [1.82, 2.24) is 19.3 Å². The van der Waals surface area contributed by atoms with E-state index in [-0.39, 0.29) is 24.7 Å². The number of benzene rings is 2. The number of rotatable bonds is 7. The molecule has 4 rings (SSSR count). The van der Waals surface area contributed by atoms with Crippen LogP contribution in [-0.4, -0.2) is 36.8 Å². The number of nitro groups is 1. The third-order valence-corrected chi connectivity index (χ3v) is 4.76. The second-order valence-corrected chi connectivity index (χ2v) is 6.74. The molecule has 0 bridgehead atoms. The van der Waals surface area contributed by atoms with Crippen molar-refractivity contribution < 1.29 is 14.5 Å². The van der Waals surface area contributed by atoms with E-state index < -0.39 is 10.9 Å². The van der Waals surface area contributed by atoms with Gasteiger partial charge in [0.25, 0.3) is 0 Å². The maximum atomic E-state index is 12.6. The fourth-order valence-corrected chi connectivity index (χ4v) is 3.24. The number of ether oxygens (including phenoxy) is 1. The summed E-state index contributed by atoms with van der Waals surface area (Å²) in [5.41, 5.74) is 2.62. The van der Waals surface area contributed by atoms with Crippen molar-refractivity contribution in [3.63, 3.8) is 0 Å². The van der Waals surface area contributed by atoms with Gasteiger partial charge in [0.15, 0.2) is 11.5 Å². The SMILES string of the molecule is Cc1ncc([N+](=O)[O-])n1CCOC(=O)c1cc(-c2ccccc2)n(-c2ccccc2)n1. The Balaban J connectivity index is 1.56. The van der Waals surface area contributed by atoms with Crippen LogP contribution in [0.1, 0.15) is 16.3 Å². The number of hydrogen-bond acceptors (Lipinski definition) is 6. The van der Waals surface area contributed by atoms with Crippen molar-refractivity contribution in [2.75, 3.05) is 6.61 Å². The normalized spacial score (nSPS) is 10.7. The predicted molar refractivity (Wildman–Crippen MR) is 113 cm³/mol. The van der Waals surface area contributed by atoms with E-state index in [4.69, 9.17) is 4.74 Å². The van der Waals surface area contributed by atoms with E-state index in [0.717, 1.165) is 16.9 Å². The van der Waals surface area contributed by atoms with Gasteiger partial charge in [-0.1, -0.05) is 48.5 Å². The van der Waals surface area contributed by atoms with Crippen LogP contribution in [0.15, 0.2) is 72.9 Å². The molecule has 0 amide bonds. The number of imidazole rings is 1. The van der Waals surface area contributed by atoms with Gasteiger partial charge in [0.2, 0.25) is 0 Å². The van der Waals surface area contributed by atoms with Crippen LogP contribution < -0.4 is 0 Å². The lowest BCUT2D eigenvalue weighted by Gasteiger charge is -2.07. The van der Waals surface area contributed by atoms with Crippen molar-refractivity contribution in [1.29, 1.82) is 0 Å². The lowest BCUT2D eigenvalue weighted by molar-refractivity contribution is -0.392. The molecule has 0 unspecified atom stereocenters. The Bertz CT molecular complexity index is 1160. The van der Waals surface area contributed by atoms with Crippen LogP contribution in [0, 0.1) is 17.0 Å². The molecule has 0 spiro atoms. The van der Waals surface area contributed by atoms with Crippen LogP contribution in [0.3, 0.4) is 0 Å². The number of aromatic nitrogens is 4. The van der Waals surface area contributed by atoms with E-state index in [9.17, 15) is 14.9 Å². The van der Waals surface area contributed by atoms with Gasteiger partial charge in [-0.15, -0.1) is 0 Å². The highest BCUT2D eigenvalue weighted by atomic mass is 16.6. The summed E-state index contributed by atoms with van der Waals surface area (Å²) < 4.78 is 8.43. The number of carbonyl (C=O) groups excluding carboxylic acids is 1. The average Bonchev–Trinajstić information content (AvgIpc) is 3.39. The second kappa shape index (κ2) is 8.62. The number of para-hydroxylation sites is 1. The summed E-state index contributed by atoms with van der Waals surface area (Å²) in [7, 11) is 0. The Labute approximate surface area is 177 Å². The average molecular weight is 417 g/mol. The molecule has 0 saturated heterocycles. The fraction of sp³-hybridized carbons (Fsp3) is 0.136. The highest BCUT2D eigenvalue weighted by Gasteiger charge is 2.20. The van der Waals surface area contributed by atoms with Crippen molar-refractivity contribution >= 4 is 11.8 Å². The summed E-state index contributed by atoms with van der Waals surface area (Å²) in [5, 5.41) is 15.5. The molecule has 4 aromatic rings. The van der Waals surface area contributed by atoms with Crippen LogP contribution in [0.4, 0.5) is 5.82 Å². The number of nitrogens with zero attached hydrogens (tertiary/aromatic N) is 5. The summed E-state index contributed by atoms with van der Waals surface area (Å²) in [6, 6.07) is 20.8. The summed E-state index contributed by atoms with van der Waals surface area (Å²) >= 11 is 0. The predicted octanol–water partition coefficient (Wildman–Crippen LogP) is 3.81. The van der Waals surface area contributed by atoms with E-state index in [0.29, 0.717) is 5.82 Å². The maximum Gasteiger partial charge on any atom is 0.359 e. The molecule has 0 aliphatic heterocycles. The highest BCUT2D eigenvalue weighted by Crippen LogP contribution is 2.24. The molecule has 0 aliphatic carbocycles. The van der Waals surface area contributed by atoms with Gasteiger partial charge >= 0.3 is 11.8 Å². The van der Waals surface area contributed by atoms with Gasteiger partial charge in [-0.05, 0) is 23.1 Å². The molecular formula is C22H19N5O4. The molecule has 9 heteroatoms. The molecule has 0 aliphatic rings. The minimum atomic E-state index is -0.604. The zero-order chi connectivity index (χ0) is 21.8. The molecule has 0 fully saturated rings. The molecule has 0 saturated carbocycles. The van der Waals surface area contributed by atoms with Gasteiger partial charge < -0.3 is 14.9 Å². The van der Waals surface area contributed by atoms with Gasteiger partial charge in [0.1, 0.15) is 19.3 Å². The first-order valence-electron chi connectivity index (χ1n) is 9.59. The Morgan fingerprint density at radius 3 is 2.45 bits per heavy atom. The lowest BCUT2D eigenvalue weighted by atomic mass is 10.1. The smallest absolute Gasteiger partial charge is 0.359 e. The van der Waals surface area contributed by atoms with E-state index in [1.165, 1.54) is 10.8 Å². The Morgan fingerprint density at radius 1 is 1.10 bits per heavy atom. The zero-order valence-corrected chi connectivity index (χ0v) is 16.7. The number of carbonyl (C=O) groups is 1. The Kier molecular flexibility index (Phi) is 5.57. The largest absolute Gasteiger partial charge is 0.457 e.